The second-order valence-corrected chi connectivity index (χ2v) is 11.3. The third-order valence-corrected chi connectivity index (χ3v) is 9.59. The molecule has 3 aliphatic carbocycles. The van der Waals surface area contributed by atoms with E-state index < -0.39 is 0 Å². The van der Waals surface area contributed by atoms with Gasteiger partial charge in [-0.05, 0) is 76.5 Å². The van der Waals surface area contributed by atoms with E-state index in [-0.39, 0.29) is 30.0 Å². The Balaban J connectivity index is 1.25. The SMILES string of the molecule is CC(=O)N1C2CCC(C3CCC(N4CCOCC4)CC3)CC2N(C(=O)C2CCC2)C[C@@H]1C. The van der Waals surface area contributed by atoms with Gasteiger partial charge < -0.3 is 14.5 Å². The summed E-state index contributed by atoms with van der Waals surface area (Å²) in [5.41, 5.74) is 0. The van der Waals surface area contributed by atoms with Gasteiger partial charge >= 0.3 is 0 Å². The van der Waals surface area contributed by atoms with E-state index in [4.69, 9.17) is 4.74 Å². The molecule has 0 bridgehead atoms. The van der Waals surface area contributed by atoms with Gasteiger partial charge in [-0.1, -0.05) is 6.42 Å². The summed E-state index contributed by atoms with van der Waals surface area (Å²) in [6.07, 6.45) is 12.0. The Bertz CT molecular complexity index is 682. The minimum atomic E-state index is 0.137. The molecule has 2 aliphatic heterocycles. The van der Waals surface area contributed by atoms with E-state index in [1.165, 1.54) is 38.5 Å². The molecule has 5 aliphatic rings. The summed E-state index contributed by atoms with van der Waals surface area (Å²) in [5, 5.41) is 0. The van der Waals surface area contributed by atoms with Crippen LogP contribution in [-0.2, 0) is 14.3 Å². The number of hydrogen-bond donors (Lipinski definition) is 0. The van der Waals surface area contributed by atoms with E-state index in [0.717, 1.165) is 70.5 Å². The Labute approximate surface area is 194 Å². The first kappa shape index (κ1) is 22.6. The molecule has 0 N–H and O–H groups in total. The lowest BCUT2D eigenvalue weighted by atomic mass is 9.68. The second kappa shape index (κ2) is 9.61. The zero-order valence-electron chi connectivity index (χ0n) is 20.2. The average molecular weight is 446 g/mol. The third-order valence-electron chi connectivity index (χ3n) is 9.59. The molecule has 3 saturated carbocycles. The van der Waals surface area contributed by atoms with Crippen LogP contribution in [0.15, 0.2) is 0 Å². The lowest BCUT2D eigenvalue weighted by molar-refractivity contribution is -0.159. The number of fused-ring (bicyclic) bond motifs is 1. The number of rotatable bonds is 3. The monoisotopic (exact) mass is 445 g/mol. The maximum absolute atomic E-state index is 13.4. The number of nitrogens with zero attached hydrogens (tertiary/aromatic N) is 3. The Kier molecular flexibility index (Phi) is 6.80. The second-order valence-electron chi connectivity index (χ2n) is 11.3. The van der Waals surface area contributed by atoms with E-state index in [1.807, 2.05) is 0 Å². The molecular weight excluding hydrogens is 402 g/mol. The Morgan fingerprint density at radius 1 is 0.844 bits per heavy atom. The molecule has 32 heavy (non-hydrogen) atoms. The molecule has 0 radical (unpaired) electrons. The van der Waals surface area contributed by atoms with Crippen LogP contribution in [0.25, 0.3) is 0 Å². The number of hydrogen-bond acceptors (Lipinski definition) is 4. The molecule has 5 rings (SSSR count). The molecule has 2 heterocycles. The molecule has 6 nitrogen and oxygen atoms in total. The van der Waals surface area contributed by atoms with E-state index in [2.05, 4.69) is 21.6 Å². The van der Waals surface area contributed by atoms with Crippen molar-refractivity contribution in [2.75, 3.05) is 32.8 Å². The molecule has 0 aromatic rings. The summed E-state index contributed by atoms with van der Waals surface area (Å²) in [6, 6.07) is 1.34. The molecule has 3 unspecified atom stereocenters. The molecular formula is C26H43N3O3. The maximum Gasteiger partial charge on any atom is 0.226 e. The van der Waals surface area contributed by atoms with Gasteiger partial charge in [0.05, 0.1) is 25.3 Å². The van der Waals surface area contributed by atoms with Crippen LogP contribution in [0.3, 0.4) is 0 Å². The van der Waals surface area contributed by atoms with Crippen molar-refractivity contribution in [2.24, 2.45) is 17.8 Å². The molecule has 0 aromatic carbocycles. The zero-order chi connectivity index (χ0) is 22.2. The fourth-order valence-corrected chi connectivity index (χ4v) is 7.65. The number of carbonyl (C=O) groups excluding carboxylic acids is 2. The van der Waals surface area contributed by atoms with Crippen LogP contribution in [0.2, 0.25) is 0 Å². The fraction of sp³-hybridized carbons (Fsp3) is 0.923. The summed E-state index contributed by atoms with van der Waals surface area (Å²) < 4.78 is 5.55. The van der Waals surface area contributed by atoms with Crippen LogP contribution in [0.5, 0.6) is 0 Å². The molecule has 0 aromatic heterocycles. The average Bonchev–Trinajstić information content (AvgIpc) is 2.77. The van der Waals surface area contributed by atoms with Crippen LogP contribution in [0.4, 0.5) is 0 Å². The predicted molar refractivity (Wildman–Crippen MR) is 124 cm³/mol. The standard InChI is InChI=1S/C26H43N3O3/c1-18-17-28(26(31)21-4-3-5-21)25-16-22(8-11-24(25)29(18)19(2)30)20-6-9-23(10-7-20)27-12-14-32-15-13-27/h18,20-25H,3-17H2,1-2H3/t18-,20?,22?,23?,24?,25?/m0/s1. The highest BCUT2D eigenvalue weighted by Crippen LogP contribution is 2.44. The van der Waals surface area contributed by atoms with Crippen LogP contribution >= 0.6 is 0 Å². The van der Waals surface area contributed by atoms with Crippen molar-refractivity contribution >= 4 is 11.8 Å². The van der Waals surface area contributed by atoms with Crippen LogP contribution in [-0.4, -0.2) is 83.5 Å². The highest BCUT2D eigenvalue weighted by molar-refractivity contribution is 5.81. The van der Waals surface area contributed by atoms with Gasteiger partial charge in [0.25, 0.3) is 0 Å². The Morgan fingerprint density at radius 3 is 2.16 bits per heavy atom. The van der Waals surface area contributed by atoms with E-state index >= 15 is 0 Å². The van der Waals surface area contributed by atoms with Crippen molar-refractivity contribution in [3.05, 3.63) is 0 Å². The largest absolute Gasteiger partial charge is 0.379 e. The van der Waals surface area contributed by atoms with Gasteiger partial charge in [0.15, 0.2) is 0 Å². The lowest BCUT2D eigenvalue weighted by Gasteiger charge is -2.56. The van der Waals surface area contributed by atoms with Gasteiger partial charge in [0, 0.05) is 44.6 Å². The minimum Gasteiger partial charge on any atom is -0.379 e. The van der Waals surface area contributed by atoms with Gasteiger partial charge in [-0.3, -0.25) is 14.5 Å². The first-order chi connectivity index (χ1) is 15.5. The van der Waals surface area contributed by atoms with Crippen molar-refractivity contribution in [3.63, 3.8) is 0 Å². The quantitative estimate of drug-likeness (QED) is 0.669. The van der Waals surface area contributed by atoms with Gasteiger partial charge in [-0.25, -0.2) is 0 Å². The molecule has 180 valence electrons. The van der Waals surface area contributed by atoms with Crippen molar-refractivity contribution < 1.29 is 14.3 Å². The number of carbonyl (C=O) groups is 2. The van der Waals surface area contributed by atoms with Crippen molar-refractivity contribution in [1.82, 2.24) is 14.7 Å². The third kappa shape index (κ3) is 4.34. The smallest absolute Gasteiger partial charge is 0.226 e. The van der Waals surface area contributed by atoms with Crippen molar-refractivity contribution in [3.8, 4) is 0 Å². The number of morpholine rings is 1. The topological polar surface area (TPSA) is 53.1 Å². The molecule has 2 amide bonds. The maximum atomic E-state index is 13.4. The Morgan fingerprint density at radius 2 is 1.53 bits per heavy atom. The summed E-state index contributed by atoms with van der Waals surface area (Å²) in [6.45, 7) is 8.56. The molecule has 4 atom stereocenters. The van der Waals surface area contributed by atoms with Crippen LogP contribution in [0, 0.1) is 17.8 Å². The number of piperazine rings is 1. The van der Waals surface area contributed by atoms with Crippen molar-refractivity contribution in [1.29, 1.82) is 0 Å². The fourth-order valence-electron chi connectivity index (χ4n) is 7.65. The van der Waals surface area contributed by atoms with E-state index in [1.54, 1.807) is 6.92 Å². The van der Waals surface area contributed by atoms with Crippen LogP contribution < -0.4 is 0 Å². The predicted octanol–water partition coefficient (Wildman–Crippen LogP) is 3.29. The molecule has 6 heteroatoms. The normalized spacial score (nSPS) is 39.3. The highest BCUT2D eigenvalue weighted by atomic mass is 16.5. The summed E-state index contributed by atoms with van der Waals surface area (Å²) in [4.78, 5) is 32.9. The van der Waals surface area contributed by atoms with Crippen molar-refractivity contribution in [2.45, 2.75) is 102 Å². The molecule has 2 saturated heterocycles. The minimum absolute atomic E-state index is 0.137. The first-order valence-electron chi connectivity index (χ1n) is 13.4. The lowest BCUT2D eigenvalue weighted by Crippen LogP contribution is -2.67. The first-order valence-corrected chi connectivity index (χ1v) is 13.4. The van der Waals surface area contributed by atoms with E-state index in [0.29, 0.717) is 11.8 Å². The zero-order valence-corrected chi connectivity index (χ0v) is 20.2. The summed E-state index contributed by atoms with van der Waals surface area (Å²) >= 11 is 0. The van der Waals surface area contributed by atoms with Gasteiger partial charge in [0.1, 0.15) is 0 Å². The number of ether oxygens (including phenoxy) is 1. The van der Waals surface area contributed by atoms with Gasteiger partial charge in [-0.15, -0.1) is 0 Å². The van der Waals surface area contributed by atoms with Gasteiger partial charge in [-0.2, -0.15) is 0 Å². The Hall–Kier alpha value is -1.14. The summed E-state index contributed by atoms with van der Waals surface area (Å²) in [5.74, 6) is 2.32. The molecule has 5 fully saturated rings. The van der Waals surface area contributed by atoms with Gasteiger partial charge in [0.2, 0.25) is 11.8 Å². The highest BCUT2D eigenvalue weighted by Gasteiger charge is 2.48. The molecule has 0 spiro atoms. The summed E-state index contributed by atoms with van der Waals surface area (Å²) in [7, 11) is 0. The van der Waals surface area contributed by atoms with E-state index in [9.17, 15) is 9.59 Å². The van der Waals surface area contributed by atoms with Crippen LogP contribution in [0.1, 0.15) is 78.1 Å². The number of amides is 2.